The Kier molecular flexibility index (Phi) is 10.4. The summed E-state index contributed by atoms with van der Waals surface area (Å²) in [7, 11) is 0. The number of carbonyl (C=O) groups excluding carboxylic acids is 2. The van der Waals surface area contributed by atoms with E-state index >= 15 is 0 Å². The molecule has 1 aliphatic carbocycles. The predicted octanol–water partition coefficient (Wildman–Crippen LogP) is 1.84. The van der Waals surface area contributed by atoms with Crippen LogP contribution in [0.1, 0.15) is 52.9 Å². The van der Waals surface area contributed by atoms with Gasteiger partial charge >= 0.3 is 0 Å². The molecule has 0 aliphatic heterocycles. The minimum Gasteiger partial charge on any atom is -0.354 e. The van der Waals surface area contributed by atoms with E-state index in [-0.39, 0.29) is 36.7 Å². The molecule has 0 spiro atoms. The third kappa shape index (κ3) is 7.45. The minimum absolute atomic E-state index is 0. The summed E-state index contributed by atoms with van der Waals surface area (Å²) < 4.78 is 0. The molecule has 1 rings (SSSR count). The van der Waals surface area contributed by atoms with Gasteiger partial charge < -0.3 is 16.4 Å². The monoisotopic (exact) mass is 333 g/mol. The first-order valence-electron chi connectivity index (χ1n) is 8.24. The van der Waals surface area contributed by atoms with E-state index in [9.17, 15) is 9.59 Å². The molecule has 6 heteroatoms. The van der Waals surface area contributed by atoms with Crippen LogP contribution in [0.15, 0.2) is 0 Å². The van der Waals surface area contributed by atoms with E-state index in [1.54, 1.807) is 0 Å². The van der Waals surface area contributed by atoms with E-state index in [1.807, 2.05) is 13.8 Å². The molecule has 0 radical (unpaired) electrons. The van der Waals surface area contributed by atoms with Crippen LogP contribution in [0.5, 0.6) is 0 Å². The minimum atomic E-state index is -0.554. The van der Waals surface area contributed by atoms with Crippen LogP contribution < -0.4 is 16.4 Å². The van der Waals surface area contributed by atoms with Crippen molar-refractivity contribution in [1.29, 1.82) is 0 Å². The summed E-state index contributed by atoms with van der Waals surface area (Å²) in [5, 5.41) is 5.51. The number of amides is 2. The fourth-order valence-electron chi connectivity index (χ4n) is 2.75. The lowest BCUT2D eigenvalue weighted by Gasteiger charge is -2.27. The topological polar surface area (TPSA) is 84.2 Å². The molecule has 2 amide bonds. The second kappa shape index (κ2) is 10.8. The average Bonchev–Trinajstić information content (AvgIpc) is 2.50. The molecule has 0 saturated heterocycles. The Bertz CT molecular complexity index is 342. The van der Waals surface area contributed by atoms with Crippen molar-refractivity contribution in [3.05, 3.63) is 0 Å². The third-order valence-corrected chi connectivity index (χ3v) is 4.58. The summed E-state index contributed by atoms with van der Waals surface area (Å²) in [5.74, 6) is 1.14. The summed E-state index contributed by atoms with van der Waals surface area (Å²) in [6.45, 7) is 6.76. The van der Waals surface area contributed by atoms with E-state index in [0.717, 1.165) is 12.5 Å². The lowest BCUT2D eigenvalue weighted by Crippen LogP contribution is -2.47. The molecule has 1 atom stereocenters. The zero-order valence-corrected chi connectivity index (χ0v) is 14.9. The van der Waals surface area contributed by atoms with Gasteiger partial charge in [0.05, 0.1) is 12.6 Å². The molecule has 1 saturated carbocycles. The van der Waals surface area contributed by atoms with Crippen LogP contribution in [0.3, 0.4) is 0 Å². The number of rotatable bonds is 7. The highest BCUT2D eigenvalue weighted by atomic mass is 35.5. The Hall–Kier alpha value is -0.810. The number of hydrogen-bond acceptors (Lipinski definition) is 3. The van der Waals surface area contributed by atoms with Crippen molar-refractivity contribution < 1.29 is 9.59 Å². The van der Waals surface area contributed by atoms with Crippen LogP contribution in [0, 0.1) is 17.8 Å². The van der Waals surface area contributed by atoms with Crippen LogP contribution >= 0.6 is 12.4 Å². The van der Waals surface area contributed by atoms with Gasteiger partial charge in [-0.15, -0.1) is 12.4 Å². The molecule has 1 fully saturated rings. The van der Waals surface area contributed by atoms with Gasteiger partial charge in [-0.1, -0.05) is 40.0 Å². The fourth-order valence-corrected chi connectivity index (χ4v) is 2.75. The summed E-state index contributed by atoms with van der Waals surface area (Å²) in [5.41, 5.74) is 5.72. The second-order valence-electron chi connectivity index (χ2n) is 6.59. The largest absolute Gasteiger partial charge is 0.354 e. The van der Waals surface area contributed by atoms with Gasteiger partial charge in [-0.05, 0) is 30.6 Å². The van der Waals surface area contributed by atoms with Crippen LogP contribution in [0.4, 0.5) is 0 Å². The number of carbonyl (C=O) groups is 2. The lowest BCUT2D eigenvalue weighted by atomic mass is 9.81. The van der Waals surface area contributed by atoms with Gasteiger partial charge in [0.15, 0.2) is 0 Å². The Morgan fingerprint density at radius 3 is 2.14 bits per heavy atom. The summed E-state index contributed by atoms with van der Waals surface area (Å²) in [6.07, 6.45) is 6.21. The molecule has 4 N–H and O–H groups in total. The van der Waals surface area contributed by atoms with Crippen molar-refractivity contribution in [1.82, 2.24) is 10.6 Å². The van der Waals surface area contributed by atoms with Gasteiger partial charge in [0.1, 0.15) is 0 Å². The van der Waals surface area contributed by atoms with Crippen molar-refractivity contribution in [3.63, 3.8) is 0 Å². The van der Waals surface area contributed by atoms with Crippen LogP contribution in [0.2, 0.25) is 0 Å². The van der Waals surface area contributed by atoms with Gasteiger partial charge in [0.2, 0.25) is 11.8 Å². The number of nitrogens with two attached hydrogens (primary N) is 1. The fraction of sp³-hybridized carbons (Fsp3) is 0.875. The Morgan fingerprint density at radius 2 is 1.64 bits per heavy atom. The van der Waals surface area contributed by atoms with Crippen molar-refractivity contribution >= 4 is 24.2 Å². The summed E-state index contributed by atoms with van der Waals surface area (Å²) in [4.78, 5) is 23.4. The number of hydrogen-bond donors (Lipinski definition) is 3. The van der Waals surface area contributed by atoms with Gasteiger partial charge in [0.25, 0.3) is 0 Å². The van der Waals surface area contributed by atoms with Crippen LogP contribution in [-0.4, -0.2) is 30.9 Å². The predicted molar refractivity (Wildman–Crippen MR) is 91.8 cm³/mol. The van der Waals surface area contributed by atoms with Crippen molar-refractivity contribution in [2.45, 2.75) is 58.9 Å². The zero-order chi connectivity index (χ0) is 15.8. The maximum absolute atomic E-state index is 11.7. The van der Waals surface area contributed by atoms with Gasteiger partial charge in [-0.3, -0.25) is 9.59 Å². The van der Waals surface area contributed by atoms with Crippen molar-refractivity contribution in [2.75, 3.05) is 13.1 Å². The molecule has 130 valence electrons. The van der Waals surface area contributed by atoms with Gasteiger partial charge in [-0.25, -0.2) is 0 Å². The highest BCUT2D eigenvalue weighted by Gasteiger charge is 2.21. The van der Waals surface area contributed by atoms with Crippen molar-refractivity contribution in [2.24, 2.45) is 23.5 Å². The Balaban J connectivity index is 0.00000441. The molecule has 0 aromatic carbocycles. The van der Waals surface area contributed by atoms with E-state index in [1.165, 1.54) is 32.1 Å². The van der Waals surface area contributed by atoms with Crippen LogP contribution in [-0.2, 0) is 9.59 Å². The molecule has 5 nitrogen and oxygen atoms in total. The van der Waals surface area contributed by atoms with Gasteiger partial charge in [-0.2, -0.15) is 0 Å². The highest BCUT2D eigenvalue weighted by molar-refractivity contribution is 5.87. The first-order valence-corrected chi connectivity index (χ1v) is 8.24. The quantitative estimate of drug-likeness (QED) is 0.664. The SMILES string of the molecule is CCC1CCC(CNC(=O)CNC(=O)[C@@H](N)C(C)C)CC1.Cl. The molecular formula is C16H32ClN3O2. The molecular weight excluding hydrogens is 302 g/mol. The normalized spacial score (nSPS) is 22.6. The molecule has 0 bridgehead atoms. The molecule has 22 heavy (non-hydrogen) atoms. The van der Waals surface area contributed by atoms with E-state index in [0.29, 0.717) is 5.92 Å². The van der Waals surface area contributed by atoms with E-state index in [4.69, 9.17) is 5.73 Å². The molecule has 0 aromatic heterocycles. The van der Waals surface area contributed by atoms with Gasteiger partial charge in [0, 0.05) is 6.54 Å². The molecule has 0 aromatic rings. The van der Waals surface area contributed by atoms with Crippen LogP contribution in [0.25, 0.3) is 0 Å². The lowest BCUT2D eigenvalue weighted by molar-refractivity contribution is -0.127. The maximum Gasteiger partial charge on any atom is 0.239 e. The standard InChI is InChI=1S/C16H31N3O2.ClH/c1-4-12-5-7-13(8-6-12)9-18-14(20)10-19-16(21)15(17)11(2)3;/h11-13,15H,4-10,17H2,1-3H3,(H,18,20)(H,19,21);1H/t12?,13?,15-;/m0./s1. The van der Waals surface area contributed by atoms with Crippen molar-refractivity contribution in [3.8, 4) is 0 Å². The van der Waals surface area contributed by atoms with E-state index in [2.05, 4.69) is 17.6 Å². The first kappa shape index (κ1) is 21.2. The number of nitrogens with one attached hydrogen (secondary N) is 2. The zero-order valence-electron chi connectivity index (χ0n) is 14.1. The maximum atomic E-state index is 11.7. The molecule has 0 unspecified atom stereocenters. The first-order chi connectivity index (χ1) is 9.93. The van der Waals surface area contributed by atoms with E-state index < -0.39 is 6.04 Å². The smallest absolute Gasteiger partial charge is 0.239 e. The summed E-state index contributed by atoms with van der Waals surface area (Å²) >= 11 is 0. The average molecular weight is 334 g/mol. The third-order valence-electron chi connectivity index (χ3n) is 4.58. The molecule has 1 aliphatic rings. The Labute approximate surface area is 140 Å². The number of halogens is 1. The molecule has 0 heterocycles. The Morgan fingerprint density at radius 1 is 1.09 bits per heavy atom. The second-order valence-corrected chi connectivity index (χ2v) is 6.59. The highest BCUT2D eigenvalue weighted by Crippen LogP contribution is 2.29. The summed E-state index contributed by atoms with van der Waals surface area (Å²) in [6, 6.07) is -0.554.